The molecule has 0 aliphatic carbocycles. The number of benzene rings is 2. The largest absolute Gasteiger partial charge is 0.393 e. The summed E-state index contributed by atoms with van der Waals surface area (Å²) in [4.78, 5) is 17.7. The summed E-state index contributed by atoms with van der Waals surface area (Å²) in [7, 11) is 0. The van der Waals surface area contributed by atoms with Crippen LogP contribution in [-0.2, 0) is 11.3 Å². The molecule has 6 heteroatoms. The quantitative estimate of drug-likeness (QED) is 0.791. The number of hydrogen-bond acceptors (Lipinski definition) is 5. The Kier molecular flexibility index (Phi) is 6.79. The van der Waals surface area contributed by atoms with Crippen molar-refractivity contribution < 1.29 is 19.7 Å². The number of aliphatic hydroxyl groups excluding tert-OH is 2. The van der Waals surface area contributed by atoms with Gasteiger partial charge in [-0.3, -0.25) is 4.79 Å². The monoisotopic (exact) mass is 410 g/mol. The number of aliphatic hydroxyl groups is 2. The van der Waals surface area contributed by atoms with E-state index in [2.05, 4.69) is 17.0 Å². The van der Waals surface area contributed by atoms with Gasteiger partial charge in [0.25, 0.3) is 5.91 Å². The van der Waals surface area contributed by atoms with Crippen molar-refractivity contribution in [3.05, 3.63) is 71.3 Å². The fourth-order valence-corrected chi connectivity index (χ4v) is 4.43. The molecule has 1 amide bonds. The fourth-order valence-electron chi connectivity index (χ4n) is 4.43. The van der Waals surface area contributed by atoms with Gasteiger partial charge in [-0.25, -0.2) is 0 Å². The molecule has 0 spiro atoms. The lowest BCUT2D eigenvalue weighted by Crippen LogP contribution is -2.52. The molecule has 0 aromatic heterocycles. The first-order chi connectivity index (χ1) is 14.7. The summed E-state index contributed by atoms with van der Waals surface area (Å²) < 4.78 is 6.20. The van der Waals surface area contributed by atoms with E-state index in [4.69, 9.17) is 4.74 Å². The third-order valence-electron chi connectivity index (χ3n) is 6.13. The van der Waals surface area contributed by atoms with E-state index in [0.29, 0.717) is 18.7 Å². The van der Waals surface area contributed by atoms with Gasteiger partial charge in [0.1, 0.15) is 0 Å². The Hall–Kier alpha value is -2.25. The van der Waals surface area contributed by atoms with Crippen LogP contribution in [0.2, 0.25) is 0 Å². The lowest BCUT2D eigenvalue weighted by atomic mass is 9.95. The van der Waals surface area contributed by atoms with Gasteiger partial charge in [0.2, 0.25) is 0 Å². The van der Waals surface area contributed by atoms with Crippen molar-refractivity contribution in [2.24, 2.45) is 0 Å². The zero-order valence-electron chi connectivity index (χ0n) is 17.2. The van der Waals surface area contributed by atoms with Crippen LogP contribution in [0.15, 0.2) is 54.6 Å². The van der Waals surface area contributed by atoms with E-state index in [-0.39, 0.29) is 30.8 Å². The van der Waals surface area contributed by atoms with Gasteiger partial charge in [-0.2, -0.15) is 0 Å². The highest BCUT2D eigenvalue weighted by Crippen LogP contribution is 2.32. The highest BCUT2D eigenvalue weighted by Gasteiger charge is 2.38. The highest BCUT2D eigenvalue weighted by atomic mass is 16.5. The van der Waals surface area contributed by atoms with Gasteiger partial charge in [-0.05, 0) is 36.1 Å². The van der Waals surface area contributed by atoms with Crippen LogP contribution >= 0.6 is 0 Å². The number of hydrogen-bond donors (Lipinski definition) is 2. The molecule has 2 atom stereocenters. The highest BCUT2D eigenvalue weighted by molar-refractivity contribution is 5.94. The van der Waals surface area contributed by atoms with Crippen LogP contribution in [0.4, 0.5) is 0 Å². The molecule has 2 aromatic carbocycles. The van der Waals surface area contributed by atoms with Crippen molar-refractivity contribution in [2.45, 2.75) is 37.7 Å². The minimum Gasteiger partial charge on any atom is -0.393 e. The smallest absolute Gasteiger partial charge is 0.254 e. The molecule has 0 bridgehead atoms. The molecule has 0 saturated carbocycles. The normalized spacial score (nSPS) is 23.5. The van der Waals surface area contributed by atoms with Gasteiger partial charge in [0.15, 0.2) is 0 Å². The summed E-state index contributed by atoms with van der Waals surface area (Å²) >= 11 is 0. The third kappa shape index (κ3) is 4.73. The van der Waals surface area contributed by atoms with Crippen molar-refractivity contribution >= 4 is 5.91 Å². The first kappa shape index (κ1) is 21.0. The van der Waals surface area contributed by atoms with Crippen molar-refractivity contribution in [3.8, 4) is 0 Å². The van der Waals surface area contributed by atoms with Gasteiger partial charge in [-0.1, -0.05) is 42.5 Å². The SMILES string of the molecule is O=C(c1ccc(CO)cc1)N1CCO[C@@H](CN2CCC(O)CC2)[C@@H]1c1ccccc1. The average Bonchev–Trinajstić information content (AvgIpc) is 2.80. The summed E-state index contributed by atoms with van der Waals surface area (Å²) in [5, 5.41) is 19.1. The van der Waals surface area contributed by atoms with E-state index >= 15 is 0 Å². The molecular weight excluding hydrogens is 380 g/mol. The standard InChI is InChI=1S/C24H30N2O4/c27-17-18-6-8-20(9-7-18)24(29)26-14-15-30-22(16-25-12-10-21(28)11-13-25)23(26)19-4-2-1-3-5-19/h1-9,21-23,27-28H,10-17H2/t22-,23-/m0/s1. The minimum atomic E-state index is -0.210. The van der Waals surface area contributed by atoms with Crippen molar-refractivity contribution in [2.75, 3.05) is 32.8 Å². The molecule has 2 N–H and O–H groups in total. The Morgan fingerprint density at radius 2 is 1.70 bits per heavy atom. The molecule has 2 saturated heterocycles. The summed E-state index contributed by atoms with van der Waals surface area (Å²) in [6, 6.07) is 17.1. The van der Waals surface area contributed by atoms with Crippen molar-refractivity contribution in [1.82, 2.24) is 9.80 Å². The zero-order chi connectivity index (χ0) is 20.9. The third-order valence-corrected chi connectivity index (χ3v) is 6.13. The number of piperidine rings is 1. The minimum absolute atomic E-state index is 0.0179. The Balaban J connectivity index is 1.58. The first-order valence-corrected chi connectivity index (χ1v) is 10.7. The van der Waals surface area contributed by atoms with Crippen LogP contribution < -0.4 is 0 Å². The maximum absolute atomic E-state index is 13.4. The van der Waals surface area contributed by atoms with E-state index in [0.717, 1.165) is 43.6 Å². The molecule has 2 fully saturated rings. The molecule has 30 heavy (non-hydrogen) atoms. The number of morpholine rings is 1. The molecule has 0 radical (unpaired) electrons. The maximum Gasteiger partial charge on any atom is 0.254 e. The maximum atomic E-state index is 13.4. The number of carbonyl (C=O) groups excluding carboxylic acids is 1. The van der Waals surface area contributed by atoms with Crippen LogP contribution in [-0.4, -0.2) is 70.9 Å². The lowest BCUT2D eigenvalue weighted by Gasteiger charge is -2.44. The molecule has 2 aromatic rings. The number of carbonyl (C=O) groups is 1. The molecule has 2 aliphatic heterocycles. The summed E-state index contributed by atoms with van der Waals surface area (Å²) in [5.74, 6) is -0.0179. The Morgan fingerprint density at radius 1 is 1.00 bits per heavy atom. The zero-order valence-corrected chi connectivity index (χ0v) is 17.2. The Labute approximate surface area is 177 Å². The summed E-state index contributed by atoms with van der Waals surface area (Å²) in [6.45, 7) is 3.43. The van der Waals surface area contributed by atoms with Crippen molar-refractivity contribution in [3.63, 3.8) is 0 Å². The number of rotatable bonds is 5. The van der Waals surface area contributed by atoms with E-state index < -0.39 is 0 Å². The van der Waals surface area contributed by atoms with Gasteiger partial charge in [-0.15, -0.1) is 0 Å². The molecule has 6 nitrogen and oxygen atoms in total. The van der Waals surface area contributed by atoms with Crippen molar-refractivity contribution in [1.29, 1.82) is 0 Å². The van der Waals surface area contributed by atoms with Gasteiger partial charge in [0.05, 0.1) is 31.5 Å². The average molecular weight is 411 g/mol. The van der Waals surface area contributed by atoms with Gasteiger partial charge >= 0.3 is 0 Å². The number of ether oxygens (including phenoxy) is 1. The summed E-state index contributed by atoms with van der Waals surface area (Å²) in [6.07, 6.45) is 1.22. The topological polar surface area (TPSA) is 73.2 Å². The molecule has 0 unspecified atom stereocenters. The van der Waals surface area contributed by atoms with Crippen LogP contribution in [0.3, 0.4) is 0 Å². The number of nitrogens with zero attached hydrogens (tertiary/aromatic N) is 2. The number of likely N-dealkylation sites (tertiary alicyclic amines) is 1. The van der Waals surface area contributed by atoms with Gasteiger partial charge in [0, 0.05) is 31.7 Å². The second kappa shape index (κ2) is 9.71. The predicted octanol–water partition coefficient (Wildman–Crippen LogP) is 2.22. The first-order valence-electron chi connectivity index (χ1n) is 10.7. The fraction of sp³-hybridized carbons (Fsp3) is 0.458. The number of amides is 1. The van der Waals surface area contributed by atoms with E-state index in [9.17, 15) is 15.0 Å². The Morgan fingerprint density at radius 3 is 2.37 bits per heavy atom. The second-order valence-electron chi connectivity index (χ2n) is 8.15. The predicted molar refractivity (Wildman–Crippen MR) is 114 cm³/mol. The molecule has 2 aliphatic rings. The van der Waals surface area contributed by atoms with Gasteiger partial charge < -0.3 is 24.7 Å². The van der Waals surface area contributed by atoms with E-state index in [1.165, 1.54) is 0 Å². The molecule has 160 valence electrons. The van der Waals surface area contributed by atoms with Crippen LogP contribution in [0.5, 0.6) is 0 Å². The second-order valence-corrected chi connectivity index (χ2v) is 8.15. The summed E-state index contributed by atoms with van der Waals surface area (Å²) in [5.41, 5.74) is 2.48. The molecule has 2 heterocycles. The van der Waals surface area contributed by atoms with Crippen LogP contribution in [0, 0.1) is 0 Å². The van der Waals surface area contributed by atoms with Crippen LogP contribution in [0.25, 0.3) is 0 Å². The van der Waals surface area contributed by atoms with E-state index in [1.54, 1.807) is 24.3 Å². The lowest BCUT2D eigenvalue weighted by molar-refractivity contribution is -0.0770. The molecule has 4 rings (SSSR count). The van der Waals surface area contributed by atoms with Crippen LogP contribution in [0.1, 0.15) is 40.4 Å². The Bertz CT molecular complexity index is 819. The molecular formula is C24H30N2O4. The van der Waals surface area contributed by atoms with E-state index in [1.807, 2.05) is 23.1 Å².